The summed E-state index contributed by atoms with van der Waals surface area (Å²) in [6, 6.07) is 9.05. The van der Waals surface area contributed by atoms with E-state index < -0.39 is 12.1 Å². The molecular formula is C27H30BrN3O5. The van der Waals surface area contributed by atoms with Gasteiger partial charge in [-0.05, 0) is 62.6 Å². The predicted molar refractivity (Wildman–Crippen MR) is 144 cm³/mol. The van der Waals surface area contributed by atoms with Gasteiger partial charge in [0.1, 0.15) is 5.82 Å². The molecule has 0 saturated carbocycles. The number of halogens is 1. The van der Waals surface area contributed by atoms with E-state index in [9.17, 15) is 9.59 Å². The van der Waals surface area contributed by atoms with Crippen molar-refractivity contribution in [1.82, 2.24) is 9.66 Å². The first kappa shape index (κ1) is 27.1. The van der Waals surface area contributed by atoms with Crippen molar-refractivity contribution in [3.63, 3.8) is 0 Å². The highest BCUT2D eigenvalue weighted by atomic mass is 79.9. The molecule has 1 heterocycles. The van der Waals surface area contributed by atoms with E-state index in [1.165, 1.54) is 11.8 Å². The summed E-state index contributed by atoms with van der Waals surface area (Å²) in [6.07, 6.45) is 4.38. The minimum absolute atomic E-state index is 0.246. The van der Waals surface area contributed by atoms with E-state index in [-0.39, 0.29) is 5.56 Å². The number of esters is 1. The molecule has 0 N–H and O–H groups in total. The van der Waals surface area contributed by atoms with Crippen LogP contribution in [0, 0.1) is 0 Å². The number of carbonyl (C=O) groups is 1. The topological polar surface area (TPSA) is 92.0 Å². The number of hydrogen-bond acceptors (Lipinski definition) is 7. The number of hydrogen-bond donors (Lipinski definition) is 0. The summed E-state index contributed by atoms with van der Waals surface area (Å²) in [7, 11) is 1.31. The lowest BCUT2D eigenvalue weighted by Gasteiger charge is -2.19. The fourth-order valence-corrected chi connectivity index (χ4v) is 4.04. The third-order valence-corrected chi connectivity index (χ3v) is 5.81. The number of allylic oxidation sites excluding steroid dienone is 1. The number of methoxy groups -OCH3 is 1. The van der Waals surface area contributed by atoms with E-state index in [0.717, 1.165) is 16.5 Å². The Morgan fingerprint density at radius 2 is 2.06 bits per heavy atom. The fraction of sp³-hybridized carbons (Fsp3) is 0.333. The van der Waals surface area contributed by atoms with Gasteiger partial charge in [-0.3, -0.25) is 4.79 Å². The van der Waals surface area contributed by atoms with E-state index in [0.29, 0.717) is 53.2 Å². The zero-order valence-corrected chi connectivity index (χ0v) is 22.5. The van der Waals surface area contributed by atoms with E-state index in [1.54, 1.807) is 31.3 Å². The van der Waals surface area contributed by atoms with Gasteiger partial charge in [0.15, 0.2) is 17.6 Å². The molecule has 1 aromatic heterocycles. The highest BCUT2D eigenvalue weighted by Gasteiger charge is 2.21. The number of aromatic nitrogens is 2. The van der Waals surface area contributed by atoms with Crippen LogP contribution in [0.3, 0.4) is 0 Å². The standard InChI is InChI=1S/C27H30BrN3O5/c1-6-9-19-13-18(14-23(35-8-3)25(19)36-17(4)27(33)34-5)16-29-31-24(10-7-2)30-22-12-11-20(28)15-21(22)26(31)32/h6,11-17H,1,7-10H2,2-5H3/t17-/m0/s1. The van der Waals surface area contributed by atoms with Gasteiger partial charge < -0.3 is 14.2 Å². The number of fused-ring (bicyclic) bond motifs is 1. The Balaban J connectivity index is 2.11. The minimum atomic E-state index is -0.824. The molecule has 8 nitrogen and oxygen atoms in total. The quantitative estimate of drug-likeness (QED) is 0.186. The number of aryl methyl sites for hydroxylation is 1. The van der Waals surface area contributed by atoms with Crippen molar-refractivity contribution < 1.29 is 19.0 Å². The summed E-state index contributed by atoms with van der Waals surface area (Å²) in [6.45, 7) is 9.71. The second-order valence-electron chi connectivity index (χ2n) is 8.02. The number of benzene rings is 2. The fourth-order valence-electron chi connectivity index (χ4n) is 3.68. The third-order valence-electron chi connectivity index (χ3n) is 5.32. The maximum absolute atomic E-state index is 13.3. The Kier molecular flexibility index (Phi) is 9.41. The van der Waals surface area contributed by atoms with Crippen LogP contribution < -0.4 is 15.0 Å². The van der Waals surface area contributed by atoms with Gasteiger partial charge in [-0.1, -0.05) is 28.9 Å². The van der Waals surface area contributed by atoms with Crippen molar-refractivity contribution in [2.24, 2.45) is 5.10 Å². The van der Waals surface area contributed by atoms with Gasteiger partial charge >= 0.3 is 5.97 Å². The average Bonchev–Trinajstić information content (AvgIpc) is 2.86. The maximum Gasteiger partial charge on any atom is 0.346 e. The van der Waals surface area contributed by atoms with Crippen molar-refractivity contribution in [3.05, 3.63) is 74.8 Å². The molecule has 0 aliphatic heterocycles. The predicted octanol–water partition coefficient (Wildman–Crippen LogP) is 5.06. The molecule has 0 radical (unpaired) electrons. The molecule has 9 heteroatoms. The van der Waals surface area contributed by atoms with E-state index in [4.69, 9.17) is 14.2 Å². The van der Waals surface area contributed by atoms with Gasteiger partial charge in [0.2, 0.25) is 0 Å². The molecule has 0 aliphatic rings. The Morgan fingerprint density at radius 1 is 1.28 bits per heavy atom. The van der Waals surface area contributed by atoms with Crippen molar-refractivity contribution in [2.75, 3.05) is 13.7 Å². The van der Waals surface area contributed by atoms with E-state index >= 15 is 0 Å². The second-order valence-corrected chi connectivity index (χ2v) is 8.93. The van der Waals surface area contributed by atoms with Crippen LogP contribution >= 0.6 is 15.9 Å². The van der Waals surface area contributed by atoms with Crippen molar-refractivity contribution in [2.45, 2.75) is 46.1 Å². The van der Waals surface area contributed by atoms with Gasteiger partial charge in [-0.15, -0.1) is 6.58 Å². The van der Waals surface area contributed by atoms with Gasteiger partial charge in [0.05, 0.1) is 30.8 Å². The van der Waals surface area contributed by atoms with Crippen LogP contribution in [0.5, 0.6) is 11.5 Å². The molecule has 0 bridgehead atoms. The first-order valence-corrected chi connectivity index (χ1v) is 12.5. The number of rotatable bonds is 11. The molecule has 1 atom stereocenters. The Morgan fingerprint density at radius 3 is 2.72 bits per heavy atom. The molecule has 3 aromatic rings. The van der Waals surface area contributed by atoms with Crippen molar-refractivity contribution in [1.29, 1.82) is 0 Å². The van der Waals surface area contributed by atoms with Gasteiger partial charge in [-0.2, -0.15) is 9.78 Å². The minimum Gasteiger partial charge on any atom is -0.490 e. The van der Waals surface area contributed by atoms with Crippen molar-refractivity contribution >= 4 is 39.0 Å². The molecule has 0 saturated heterocycles. The maximum atomic E-state index is 13.3. The Hall–Kier alpha value is -3.46. The Bertz CT molecular complexity index is 1350. The smallest absolute Gasteiger partial charge is 0.346 e. The number of ether oxygens (including phenoxy) is 3. The Labute approximate surface area is 218 Å². The highest BCUT2D eigenvalue weighted by molar-refractivity contribution is 9.10. The van der Waals surface area contributed by atoms with Gasteiger partial charge in [0, 0.05) is 16.5 Å². The molecule has 0 spiro atoms. The summed E-state index contributed by atoms with van der Waals surface area (Å²) in [4.78, 5) is 29.9. The van der Waals surface area contributed by atoms with Crippen LogP contribution in [0.15, 0.2) is 57.4 Å². The van der Waals surface area contributed by atoms with Crippen LogP contribution in [-0.4, -0.2) is 41.7 Å². The highest BCUT2D eigenvalue weighted by Crippen LogP contribution is 2.34. The molecule has 0 amide bonds. The lowest BCUT2D eigenvalue weighted by atomic mass is 10.1. The van der Waals surface area contributed by atoms with Crippen LogP contribution in [0.25, 0.3) is 10.9 Å². The van der Waals surface area contributed by atoms with E-state index in [1.807, 2.05) is 32.0 Å². The zero-order chi connectivity index (χ0) is 26.2. The first-order valence-electron chi connectivity index (χ1n) is 11.7. The normalized spacial score (nSPS) is 12.0. The molecule has 0 unspecified atom stereocenters. The summed E-state index contributed by atoms with van der Waals surface area (Å²) >= 11 is 3.42. The summed E-state index contributed by atoms with van der Waals surface area (Å²) in [5.41, 5.74) is 1.84. The number of nitrogens with zero attached hydrogens (tertiary/aromatic N) is 3. The summed E-state index contributed by atoms with van der Waals surface area (Å²) in [5.74, 6) is 0.978. The van der Waals surface area contributed by atoms with Gasteiger partial charge in [-0.25, -0.2) is 9.78 Å². The van der Waals surface area contributed by atoms with Gasteiger partial charge in [0.25, 0.3) is 5.56 Å². The monoisotopic (exact) mass is 555 g/mol. The molecular weight excluding hydrogens is 526 g/mol. The first-order chi connectivity index (χ1) is 17.3. The molecule has 0 aliphatic carbocycles. The molecule has 0 fully saturated rings. The second kappa shape index (κ2) is 12.5. The van der Waals surface area contributed by atoms with Crippen LogP contribution in [0.2, 0.25) is 0 Å². The van der Waals surface area contributed by atoms with Crippen LogP contribution in [0.1, 0.15) is 44.1 Å². The van der Waals surface area contributed by atoms with E-state index in [2.05, 4.69) is 32.6 Å². The summed E-state index contributed by atoms with van der Waals surface area (Å²) < 4.78 is 18.7. The summed E-state index contributed by atoms with van der Waals surface area (Å²) in [5, 5.41) is 4.99. The zero-order valence-electron chi connectivity index (χ0n) is 20.9. The SMILES string of the molecule is C=CCc1cc(C=Nn2c(CCC)nc3ccc(Br)cc3c2=O)cc(OCC)c1O[C@@H](C)C(=O)OC. The lowest BCUT2D eigenvalue weighted by molar-refractivity contribution is -0.147. The largest absolute Gasteiger partial charge is 0.490 e. The third kappa shape index (κ3) is 6.20. The molecule has 36 heavy (non-hydrogen) atoms. The molecule has 3 rings (SSSR count). The van der Waals surface area contributed by atoms with Crippen LogP contribution in [-0.2, 0) is 22.4 Å². The number of carbonyl (C=O) groups excluding carboxylic acids is 1. The molecule has 2 aromatic carbocycles. The molecule has 190 valence electrons. The lowest BCUT2D eigenvalue weighted by Crippen LogP contribution is -2.25. The van der Waals surface area contributed by atoms with Crippen molar-refractivity contribution in [3.8, 4) is 11.5 Å². The average molecular weight is 556 g/mol. The van der Waals surface area contributed by atoms with Crippen LogP contribution in [0.4, 0.5) is 0 Å².